The van der Waals surface area contributed by atoms with E-state index in [2.05, 4.69) is 60.0 Å². The van der Waals surface area contributed by atoms with E-state index < -0.39 is 0 Å². The van der Waals surface area contributed by atoms with Crippen LogP contribution >= 0.6 is 0 Å². The third kappa shape index (κ3) is 8.62. The van der Waals surface area contributed by atoms with Crippen molar-refractivity contribution in [3.8, 4) is 23.0 Å². The van der Waals surface area contributed by atoms with E-state index >= 15 is 0 Å². The number of anilines is 2. The Morgan fingerprint density at radius 2 is 0.915 bits per heavy atom. The Hall–Kier alpha value is -4.12. The second kappa shape index (κ2) is 16.6. The molecule has 4 aromatic rings. The fourth-order valence-electron chi connectivity index (χ4n) is 7.16. The first-order valence-corrected chi connectivity index (χ1v) is 18.0. The summed E-state index contributed by atoms with van der Waals surface area (Å²) in [4.78, 5) is 5.15. The minimum atomic E-state index is 0.585. The van der Waals surface area contributed by atoms with Gasteiger partial charge in [0.05, 0.1) is 13.2 Å². The number of hydrogen-bond acceptors (Lipinski definition) is 5. The zero-order valence-electron chi connectivity index (χ0n) is 28.4. The van der Waals surface area contributed by atoms with Gasteiger partial charge in [-0.05, 0) is 98.9 Å². The molecule has 0 aromatic heterocycles. The summed E-state index contributed by atoms with van der Waals surface area (Å²) in [5, 5.41) is 0. The summed E-state index contributed by atoms with van der Waals surface area (Å²) >= 11 is 0. The van der Waals surface area contributed by atoms with Crippen molar-refractivity contribution in [2.24, 2.45) is 11.8 Å². The molecule has 6 rings (SSSR count). The maximum atomic E-state index is 6.93. The van der Waals surface area contributed by atoms with Gasteiger partial charge in [-0.3, -0.25) is 0 Å². The Kier molecular flexibility index (Phi) is 11.6. The maximum absolute atomic E-state index is 6.93. The molecule has 2 fully saturated rings. The van der Waals surface area contributed by atoms with Crippen LogP contribution in [-0.4, -0.2) is 39.4 Å². The number of rotatable bonds is 14. The Morgan fingerprint density at radius 3 is 1.30 bits per heavy atom. The first-order chi connectivity index (χ1) is 23.2. The van der Waals surface area contributed by atoms with Gasteiger partial charge in [0.25, 0.3) is 0 Å². The van der Waals surface area contributed by atoms with Gasteiger partial charge in [-0.15, -0.1) is 0 Å². The van der Waals surface area contributed by atoms with Crippen LogP contribution in [0.25, 0.3) is 0 Å². The number of piperidine rings is 2. The second-order valence-electron chi connectivity index (χ2n) is 13.2. The quantitative estimate of drug-likeness (QED) is 0.138. The van der Waals surface area contributed by atoms with Crippen molar-refractivity contribution in [2.45, 2.75) is 65.2 Å². The minimum Gasteiger partial charge on any atom is -0.493 e. The van der Waals surface area contributed by atoms with Gasteiger partial charge >= 0.3 is 0 Å². The summed E-state index contributed by atoms with van der Waals surface area (Å²) < 4.78 is 19.1. The standard InChI is InChI=1S/C42H52N2O3/c1-3-13-37-39(43-27-23-33(24-28-43)31-45-35-15-7-5-8-16-35)19-11-21-41(37)47-42-22-12-20-40(38(42)14-4-2)44-29-25-34(26-30-44)32-46-36-17-9-6-10-18-36/h5-12,15-22,33-34H,3-4,13-14,23-32H2,1-2H3. The predicted molar refractivity (Wildman–Crippen MR) is 195 cm³/mol. The van der Waals surface area contributed by atoms with Crippen molar-refractivity contribution in [3.63, 3.8) is 0 Å². The average molecular weight is 633 g/mol. The van der Waals surface area contributed by atoms with Crippen LogP contribution in [0, 0.1) is 11.8 Å². The van der Waals surface area contributed by atoms with Gasteiger partial charge < -0.3 is 24.0 Å². The highest BCUT2D eigenvalue weighted by Gasteiger charge is 2.25. The minimum absolute atomic E-state index is 0.585. The number of para-hydroxylation sites is 2. The second-order valence-corrected chi connectivity index (χ2v) is 13.2. The molecule has 0 spiro atoms. The molecule has 0 amide bonds. The van der Waals surface area contributed by atoms with Gasteiger partial charge in [-0.2, -0.15) is 0 Å². The summed E-state index contributed by atoms with van der Waals surface area (Å²) in [6, 6.07) is 33.7. The first-order valence-electron chi connectivity index (χ1n) is 18.0. The zero-order valence-corrected chi connectivity index (χ0v) is 28.4. The molecular weight excluding hydrogens is 580 g/mol. The SMILES string of the molecule is CCCc1c(Oc2cccc(N3CCC(COc4ccccc4)CC3)c2CCC)cccc1N1CCC(COc2ccccc2)CC1. The van der Waals surface area contributed by atoms with Crippen LogP contribution in [0.1, 0.15) is 63.5 Å². The lowest BCUT2D eigenvalue weighted by molar-refractivity contribution is 0.223. The van der Waals surface area contributed by atoms with E-state index in [1.165, 1.54) is 22.5 Å². The van der Waals surface area contributed by atoms with Crippen LogP contribution in [0.2, 0.25) is 0 Å². The maximum Gasteiger partial charge on any atom is 0.132 e. The van der Waals surface area contributed by atoms with Gasteiger partial charge in [0, 0.05) is 48.7 Å². The number of nitrogens with zero attached hydrogens (tertiary/aromatic N) is 2. The van der Waals surface area contributed by atoms with E-state index in [1.54, 1.807) is 0 Å². The number of benzene rings is 4. The average Bonchev–Trinajstić information content (AvgIpc) is 3.13. The van der Waals surface area contributed by atoms with Crippen LogP contribution in [0.5, 0.6) is 23.0 Å². The molecule has 2 aliphatic rings. The molecule has 5 nitrogen and oxygen atoms in total. The van der Waals surface area contributed by atoms with Gasteiger partial charge in [0.2, 0.25) is 0 Å². The van der Waals surface area contributed by atoms with E-state index in [0.717, 1.165) is 114 Å². The lowest BCUT2D eigenvalue weighted by Crippen LogP contribution is -2.36. The highest BCUT2D eigenvalue weighted by molar-refractivity contribution is 5.63. The van der Waals surface area contributed by atoms with E-state index in [-0.39, 0.29) is 0 Å². The smallest absolute Gasteiger partial charge is 0.132 e. The number of ether oxygens (including phenoxy) is 3. The highest BCUT2D eigenvalue weighted by Crippen LogP contribution is 2.40. The van der Waals surface area contributed by atoms with Crippen molar-refractivity contribution in [2.75, 3.05) is 49.2 Å². The van der Waals surface area contributed by atoms with Crippen molar-refractivity contribution in [1.82, 2.24) is 0 Å². The van der Waals surface area contributed by atoms with Crippen molar-refractivity contribution in [3.05, 3.63) is 108 Å². The summed E-state index contributed by atoms with van der Waals surface area (Å²) in [6.45, 7) is 10.3. The molecule has 4 aromatic carbocycles. The fourth-order valence-corrected chi connectivity index (χ4v) is 7.16. The third-order valence-corrected chi connectivity index (χ3v) is 9.80. The summed E-state index contributed by atoms with van der Waals surface area (Å²) in [5.74, 6) is 5.11. The molecule has 248 valence electrons. The molecule has 0 bridgehead atoms. The molecule has 0 unspecified atom stereocenters. The Labute approximate surface area is 282 Å². The predicted octanol–water partition coefficient (Wildman–Crippen LogP) is 9.97. The van der Waals surface area contributed by atoms with Gasteiger partial charge in [0.1, 0.15) is 23.0 Å². The molecule has 47 heavy (non-hydrogen) atoms. The zero-order chi connectivity index (χ0) is 32.3. The normalized spacial score (nSPS) is 15.9. The molecule has 0 atom stereocenters. The Balaban J connectivity index is 1.12. The monoisotopic (exact) mass is 632 g/mol. The molecule has 2 heterocycles. The summed E-state index contributed by atoms with van der Waals surface area (Å²) in [7, 11) is 0. The highest BCUT2D eigenvalue weighted by atomic mass is 16.5. The molecule has 0 saturated carbocycles. The lowest BCUT2D eigenvalue weighted by Gasteiger charge is -2.36. The molecule has 2 saturated heterocycles. The first kappa shape index (κ1) is 32.8. The van der Waals surface area contributed by atoms with Gasteiger partial charge in [0.15, 0.2) is 0 Å². The largest absolute Gasteiger partial charge is 0.493 e. The molecule has 0 N–H and O–H groups in total. The lowest BCUT2D eigenvalue weighted by atomic mass is 9.95. The van der Waals surface area contributed by atoms with E-state index in [4.69, 9.17) is 14.2 Å². The fraction of sp³-hybridized carbons (Fsp3) is 0.429. The van der Waals surface area contributed by atoms with E-state index in [0.29, 0.717) is 11.8 Å². The summed E-state index contributed by atoms with van der Waals surface area (Å²) in [6.07, 6.45) is 8.73. The van der Waals surface area contributed by atoms with Crippen molar-refractivity contribution < 1.29 is 14.2 Å². The van der Waals surface area contributed by atoms with Crippen molar-refractivity contribution >= 4 is 11.4 Å². The molecule has 2 aliphatic heterocycles. The topological polar surface area (TPSA) is 34.2 Å². The third-order valence-electron chi connectivity index (χ3n) is 9.80. The summed E-state index contributed by atoms with van der Waals surface area (Å²) in [5.41, 5.74) is 5.33. The molecule has 5 heteroatoms. The van der Waals surface area contributed by atoms with Crippen LogP contribution in [0.15, 0.2) is 97.1 Å². The van der Waals surface area contributed by atoms with Gasteiger partial charge in [-0.1, -0.05) is 75.2 Å². The van der Waals surface area contributed by atoms with Crippen LogP contribution < -0.4 is 24.0 Å². The molecular formula is C42H52N2O3. The molecule has 0 aliphatic carbocycles. The van der Waals surface area contributed by atoms with Crippen LogP contribution in [0.3, 0.4) is 0 Å². The van der Waals surface area contributed by atoms with Crippen LogP contribution in [0.4, 0.5) is 11.4 Å². The van der Waals surface area contributed by atoms with E-state index in [9.17, 15) is 0 Å². The van der Waals surface area contributed by atoms with Crippen LogP contribution in [-0.2, 0) is 12.8 Å². The Morgan fingerprint density at radius 1 is 0.511 bits per heavy atom. The van der Waals surface area contributed by atoms with Crippen molar-refractivity contribution in [1.29, 1.82) is 0 Å². The van der Waals surface area contributed by atoms with Gasteiger partial charge in [-0.25, -0.2) is 0 Å². The van der Waals surface area contributed by atoms with E-state index in [1.807, 2.05) is 60.7 Å². The molecule has 0 radical (unpaired) electrons. The Bertz CT molecular complexity index is 1390. The number of hydrogen-bond donors (Lipinski definition) is 0.